The Labute approximate surface area is 121 Å². The fraction of sp³-hybridized carbons (Fsp3) is 0.0714. The lowest BCUT2D eigenvalue weighted by Gasteiger charge is -2.11. The van der Waals surface area contributed by atoms with Gasteiger partial charge in [0.05, 0.1) is 23.5 Å². The molecule has 0 bridgehead atoms. The highest BCUT2D eigenvalue weighted by Gasteiger charge is 2.09. The lowest BCUT2D eigenvalue weighted by Crippen LogP contribution is -2.20. The molecular weight excluding hydrogens is 278 g/mol. The zero-order chi connectivity index (χ0) is 14.5. The van der Waals surface area contributed by atoms with Gasteiger partial charge < -0.3 is 21.1 Å². The number of ether oxygens (including phenoxy) is 1. The van der Waals surface area contributed by atoms with Crippen LogP contribution in [0.2, 0.25) is 5.02 Å². The van der Waals surface area contributed by atoms with E-state index in [9.17, 15) is 4.79 Å². The third kappa shape index (κ3) is 3.33. The molecule has 0 radical (unpaired) electrons. The molecule has 0 aliphatic heterocycles. The first-order valence-electron chi connectivity index (χ1n) is 5.86. The number of amides is 2. The molecule has 0 aliphatic carbocycles. The van der Waals surface area contributed by atoms with E-state index in [-0.39, 0.29) is 0 Å². The number of nitrogen functional groups attached to an aromatic ring is 1. The van der Waals surface area contributed by atoms with Crippen LogP contribution >= 0.6 is 11.6 Å². The van der Waals surface area contributed by atoms with Crippen LogP contribution in [-0.2, 0) is 0 Å². The number of benzene rings is 2. The molecule has 0 aromatic heterocycles. The van der Waals surface area contributed by atoms with Gasteiger partial charge in [-0.2, -0.15) is 0 Å². The summed E-state index contributed by atoms with van der Waals surface area (Å²) in [6.45, 7) is 0. The Morgan fingerprint density at radius 1 is 1.20 bits per heavy atom. The molecule has 0 heterocycles. The maximum absolute atomic E-state index is 11.9. The van der Waals surface area contributed by atoms with E-state index in [1.54, 1.807) is 49.6 Å². The fourth-order valence-corrected chi connectivity index (χ4v) is 1.88. The van der Waals surface area contributed by atoms with Crippen LogP contribution < -0.4 is 21.1 Å². The number of rotatable bonds is 3. The van der Waals surface area contributed by atoms with E-state index in [1.165, 1.54) is 0 Å². The van der Waals surface area contributed by atoms with Crippen molar-refractivity contribution in [1.82, 2.24) is 0 Å². The molecule has 2 rings (SSSR count). The summed E-state index contributed by atoms with van der Waals surface area (Å²) in [5.74, 6) is 0.653. The summed E-state index contributed by atoms with van der Waals surface area (Å²) in [6.07, 6.45) is 0. The zero-order valence-corrected chi connectivity index (χ0v) is 11.6. The number of methoxy groups -OCH3 is 1. The SMILES string of the molecule is COc1cccc(NC(=O)Nc2c(N)cccc2Cl)c1. The van der Waals surface area contributed by atoms with Crippen LogP contribution in [0.1, 0.15) is 0 Å². The number of carbonyl (C=O) groups is 1. The first-order valence-corrected chi connectivity index (χ1v) is 6.24. The third-order valence-corrected chi connectivity index (χ3v) is 2.93. The van der Waals surface area contributed by atoms with Crippen LogP contribution in [0.5, 0.6) is 5.75 Å². The summed E-state index contributed by atoms with van der Waals surface area (Å²) in [7, 11) is 1.56. The lowest BCUT2D eigenvalue weighted by atomic mass is 10.2. The quantitative estimate of drug-likeness (QED) is 0.757. The molecule has 0 saturated carbocycles. The van der Waals surface area contributed by atoms with Crippen molar-refractivity contribution < 1.29 is 9.53 Å². The van der Waals surface area contributed by atoms with Crippen LogP contribution in [0, 0.1) is 0 Å². The maximum atomic E-state index is 11.9. The lowest BCUT2D eigenvalue weighted by molar-refractivity contribution is 0.262. The topological polar surface area (TPSA) is 76.4 Å². The minimum absolute atomic E-state index is 0.380. The molecule has 6 heteroatoms. The van der Waals surface area contributed by atoms with E-state index in [1.807, 2.05) is 0 Å². The summed E-state index contributed by atoms with van der Waals surface area (Å²) in [6, 6.07) is 11.6. The predicted octanol–water partition coefficient (Wildman–Crippen LogP) is 3.57. The van der Waals surface area contributed by atoms with Crippen molar-refractivity contribution in [3.8, 4) is 5.75 Å². The molecule has 0 fully saturated rings. The molecule has 0 aliphatic rings. The molecule has 2 aromatic carbocycles. The average Bonchev–Trinajstić information content (AvgIpc) is 2.43. The van der Waals surface area contributed by atoms with Gasteiger partial charge in [-0.3, -0.25) is 0 Å². The van der Waals surface area contributed by atoms with Gasteiger partial charge in [-0.15, -0.1) is 0 Å². The van der Waals surface area contributed by atoms with Gasteiger partial charge >= 0.3 is 6.03 Å². The number of hydrogen-bond donors (Lipinski definition) is 3. The zero-order valence-electron chi connectivity index (χ0n) is 10.8. The van der Waals surface area contributed by atoms with Gasteiger partial charge in [0.15, 0.2) is 0 Å². The van der Waals surface area contributed by atoms with Crippen molar-refractivity contribution in [1.29, 1.82) is 0 Å². The van der Waals surface area contributed by atoms with Gasteiger partial charge in [0.1, 0.15) is 5.75 Å². The van der Waals surface area contributed by atoms with E-state index < -0.39 is 6.03 Å². The molecule has 20 heavy (non-hydrogen) atoms. The number of hydrogen-bond acceptors (Lipinski definition) is 3. The molecule has 0 spiro atoms. The molecule has 0 unspecified atom stereocenters. The van der Waals surface area contributed by atoms with Crippen LogP contribution in [0.25, 0.3) is 0 Å². The summed E-state index contributed by atoms with van der Waals surface area (Å²) in [4.78, 5) is 11.9. The van der Waals surface area contributed by atoms with Crippen molar-refractivity contribution in [2.24, 2.45) is 0 Å². The number of para-hydroxylation sites is 1. The molecule has 5 nitrogen and oxygen atoms in total. The molecule has 2 aromatic rings. The predicted molar refractivity (Wildman–Crippen MR) is 81.5 cm³/mol. The summed E-state index contributed by atoms with van der Waals surface area (Å²) in [5.41, 5.74) is 7.15. The van der Waals surface area contributed by atoms with Crippen molar-refractivity contribution in [3.05, 3.63) is 47.5 Å². The first kappa shape index (κ1) is 14.0. The van der Waals surface area contributed by atoms with Crippen LogP contribution in [-0.4, -0.2) is 13.1 Å². The Kier molecular flexibility index (Phi) is 4.32. The second kappa shape index (κ2) is 6.16. The number of carbonyl (C=O) groups excluding carboxylic acids is 1. The van der Waals surface area contributed by atoms with Gasteiger partial charge in [-0.1, -0.05) is 23.7 Å². The fourth-order valence-electron chi connectivity index (χ4n) is 1.65. The van der Waals surface area contributed by atoms with Crippen molar-refractivity contribution in [3.63, 3.8) is 0 Å². The van der Waals surface area contributed by atoms with E-state index in [0.717, 1.165) is 0 Å². The van der Waals surface area contributed by atoms with E-state index >= 15 is 0 Å². The molecule has 2 amide bonds. The number of nitrogens with two attached hydrogens (primary N) is 1. The van der Waals surface area contributed by atoms with Crippen molar-refractivity contribution >= 4 is 34.7 Å². The maximum Gasteiger partial charge on any atom is 0.323 e. The van der Waals surface area contributed by atoms with Gasteiger partial charge in [0.2, 0.25) is 0 Å². The molecule has 0 saturated heterocycles. The summed E-state index contributed by atoms with van der Waals surface area (Å²) >= 11 is 5.98. The smallest absolute Gasteiger partial charge is 0.323 e. The minimum Gasteiger partial charge on any atom is -0.497 e. The Balaban J connectivity index is 2.09. The highest BCUT2D eigenvalue weighted by atomic mass is 35.5. The molecule has 0 atom stereocenters. The van der Waals surface area contributed by atoms with E-state index in [0.29, 0.717) is 27.8 Å². The number of anilines is 3. The molecule has 104 valence electrons. The number of halogens is 1. The Morgan fingerprint density at radius 2 is 1.95 bits per heavy atom. The van der Waals surface area contributed by atoms with E-state index in [4.69, 9.17) is 22.1 Å². The Bertz CT molecular complexity index is 611. The number of nitrogens with one attached hydrogen (secondary N) is 2. The van der Waals surface area contributed by atoms with Crippen LogP contribution in [0.3, 0.4) is 0 Å². The van der Waals surface area contributed by atoms with Crippen molar-refractivity contribution in [2.75, 3.05) is 23.5 Å². The van der Waals surface area contributed by atoms with Gasteiger partial charge in [0, 0.05) is 11.8 Å². The second-order valence-electron chi connectivity index (χ2n) is 4.02. The minimum atomic E-state index is -0.432. The Morgan fingerprint density at radius 3 is 2.65 bits per heavy atom. The van der Waals surface area contributed by atoms with Gasteiger partial charge in [-0.25, -0.2) is 4.79 Å². The Hall–Kier alpha value is -2.40. The van der Waals surface area contributed by atoms with Crippen LogP contribution in [0.15, 0.2) is 42.5 Å². The monoisotopic (exact) mass is 291 g/mol. The normalized spacial score (nSPS) is 9.90. The van der Waals surface area contributed by atoms with Gasteiger partial charge in [-0.05, 0) is 24.3 Å². The first-order chi connectivity index (χ1) is 9.60. The standard InChI is InChI=1S/C14H14ClN3O2/c1-20-10-5-2-4-9(8-10)17-14(19)18-13-11(15)6-3-7-12(13)16/h2-8H,16H2,1H3,(H2,17,18,19). The van der Waals surface area contributed by atoms with Crippen LogP contribution in [0.4, 0.5) is 21.9 Å². The van der Waals surface area contributed by atoms with Gasteiger partial charge in [0.25, 0.3) is 0 Å². The third-order valence-electron chi connectivity index (χ3n) is 2.61. The largest absolute Gasteiger partial charge is 0.497 e. The highest BCUT2D eigenvalue weighted by molar-refractivity contribution is 6.34. The average molecular weight is 292 g/mol. The van der Waals surface area contributed by atoms with E-state index in [2.05, 4.69) is 10.6 Å². The second-order valence-corrected chi connectivity index (χ2v) is 4.42. The van der Waals surface area contributed by atoms with Crippen molar-refractivity contribution in [2.45, 2.75) is 0 Å². The summed E-state index contributed by atoms with van der Waals surface area (Å²) in [5, 5.41) is 5.67. The number of urea groups is 1. The molecule has 4 N–H and O–H groups in total. The highest BCUT2D eigenvalue weighted by Crippen LogP contribution is 2.28. The molecular formula is C14H14ClN3O2. The summed E-state index contributed by atoms with van der Waals surface area (Å²) < 4.78 is 5.08.